The summed E-state index contributed by atoms with van der Waals surface area (Å²) < 4.78 is 268. The summed E-state index contributed by atoms with van der Waals surface area (Å²) in [4.78, 5) is -1.41. The van der Waals surface area contributed by atoms with Crippen molar-refractivity contribution in [3.63, 3.8) is 0 Å². The molecule has 3 nitrogen and oxygen atoms in total. The number of aryl methyl sites for hydroxylation is 3. The van der Waals surface area contributed by atoms with Crippen LogP contribution in [0.4, 0.5) is 74.6 Å². The zero-order chi connectivity index (χ0) is 39.7. The van der Waals surface area contributed by atoms with E-state index in [0.717, 1.165) is 36.4 Å². The lowest BCUT2D eigenvalue weighted by Crippen LogP contribution is -2.75. The van der Waals surface area contributed by atoms with Crippen LogP contribution in [0.3, 0.4) is 0 Å². The summed E-state index contributed by atoms with van der Waals surface area (Å²) in [5.41, 5.74) is 1.20. The molecule has 3 rings (SSSR count). The first-order valence-corrected chi connectivity index (χ1v) is 16.4. The van der Waals surface area contributed by atoms with Crippen molar-refractivity contribution in [2.45, 2.75) is 82.4 Å². The van der Waals surface area contributed by atoms with Crippen LogP contribution in [0.25, 0.3) is 0 Å². The minimum Gasteiger partial charge on any atom is -0.202 e. The molecule has 0 fully saturated rings. The molecule has 3 aromatic rings. The average Bonchev–Trinajstić information content (AvgIpc) is 3.00. The Bertz CT molecular complexity index is 1710. The Labute approximate surface area is 279 Å². The van der Waals surface area contributed by atoms with Crippen LogP contribution >= 0.6 is 10.3 Å². The van der Waals surface area contributed by atoms with Crippen molar-refractivity contribution in [3.05, 3.63) is 89.5 Å². The van der Waals surface area contributed by atoms with Crippen LogP contribution in [0, 0.1) is 20.8 Å². The smallest absolute Gasteiger partial charge is 0.202 e. The van der Waals surface area contributed by atoms with E-state index in [9.17, 15) is 74.3 Å². The molecule has 0 amide bonds. The van der Waals surface area contributed by atoms with Crippen LogP contribution < -0.4 is 0 Å². The minimum atomic E-state index is -8.96. The van der Waals surface area contributed by atoms with Gasteiger partial charge in [0.2, 0.25) is 0 Å². The van der Waals surface area contributed by atoms with Gasteiger partial charge >= 0.3 is 57.1 Å². The third kappa shape index (κ3) is 6.21. The molecule has 0 radical (unpaired) electrons. The standard InChI is InChI=1S/C29H21F17O3S2/c1-16-4-10-19(11-5-16)50(20-12-6-17(2)7-13-20,21-14-8-18(3)9-15-21)49-51(47,48)29(45,46)27(40,41)25(36,37)23(32,33)22(30,31)24(34,35)26(38,39)28(42,43)44/h4-15H,1-3H3. The van der Waals surface area contributed by atoms with Crippen molar-refractivity contribution in [2.24, 2.45) is 0 Å². The molecule has 51 heavy (non-hydrogen) atoms. The van der Waals surface area contributed by atoms with E-state index in [1.54, 1.807) is 0 Å². The van der Waals surface area contributed by atoms with Crippen molar-refractivity contribution in [1.29, 1.82) is 0 Å². The normalized spacial score (nSPS) is 15.2. The molecule has 0 unspecified atom stereocenters. The SMILES string of the molecule is Cc1ccc(S(OS(=O)(=O)C(F)(F)C(F)(F)C(F)(F)C(F)(F)C(F)(F)C(F)(F)C(F)(F)C(F)(F)F)(c2ccc(C)cc2)c2ccc(C)cc2)cc1. The first-order chi connectivity index (χ1) is 22.7. The molecule has 0 bridgehead atoms. The van der Waals surface area contributed by atoms with E-state index in [4.69, 9.17) is 0 Å². The van der Waals surface area contributed by atoms with Crippen LogP contribution in [0.2, 0.25) is 0 Å². The quantitative estimate of drug-likeness (QED) is 0.171. The Balaban J connectivity index is 2.34. The summed E-state index contributed by atoms with van der Waals surface area (Å²) >= 11 is 0. The van der Waals surface area contributed by atoms with Crippen LogP contribution in [0.1, 0.15) is 16.7 Å². The molecule has 0 saturated heterocycles. The van der Waals surface area contributed by atoms with Crippen molar-refractivity contribution < 1.29 is 86.7 Å². The van der Waals surface area contributed by atoms with Gasteiger partial charge in [0, 0.05) is 14.7 Å². The van der Waals surface area contributed by atoms with Gasteiger partial charge in [-0.15, -0.1) is 0 Å². The van der Waals surface area contributed by atoms with E-state index in [-0.39, 0.29) is 0 Å². The molecule has 0 aliphatic rings. The molecule has 286 valence electrons. The summed E-state index contributed by atoms with van der Waals surface area (Å²) in [5.74, 6) is -52.3. The van der Waals surface area contributed by atoms with Gasteiger partial charge in [-0.2, -0.15) is 83.1 Å². The molecule has 0 N–H and O–H groups in total. The third-order valence-electron chi connectivity index (χ3n) is 7.26. The van der Waals surface area contributed by atoms with Crippen molar-refractivity contribution in [1.82, 2.24) is 0 Å². The maximum Gasteiger partial charge on any atom is 0.460 e. The van der Waals surface area contributed by atoms with Gasteiger partial charge < -0.3 is 0 Å². The zero-order valence-electron chi connectivity index (χ0n) is 25.4. The highest BCUT2D eigenvalue weighted by Gasteiger charge is 2.96. The topological polar surface area (TPSA) is 43.4 Å². The van der Waals surface area contributed by atoms with Crippen LogP contribution in [-0.4, -0.2) is 55.4 Å². The molecular formula is C29H21F17O3S2. The fourth-order valence-corrected chi connectivity index (χ4v) is 9.38. The van der Waals surface area contributed by atoms with E-state index in [1.165, 1.54) is 57.2 Å². The number of alkyl halides is 17. The van der Waals surface area contributed by atoms with Crippen LogP contribution in [0.5, 0.6) is 0 Å². The van der Waals surface area contributed by atoms with E-state index in [0.29, 0.717) is 16.7 Å². The second kappa shape index (κ2) is 12.7. The fourth-order valence-electron chi connectivity index (χ4n) is 4.20. The minimum absolute atomic E-state index is 0.398. The maximum absolute atomic E-state index is 15.4. The van der Waals surface area contributed by atoms with Gasteiger partial charge in [0.1, 0.15) is 0 Å². The van der Waals surface area contributed by atoms with Crippen molar-refractivity contribution in [3.8, 4) is 0 Å². The molecule has 0 saturated carbocycles. The van der Waals surface area contributed by atoms with Gasteiger partial charge in [0.15, 0.2) is 0 Å². The number of hydrogen-bond acceptors (Lipinski definition) is 3. The highest BCUT2D eigenvalue weighted by Crippen LogP contribution is 2.72. The Morgan fingerprint density at radius 3 is 0.882 bits per heavy atom. The number of hydrogen-bond donors (Lipinski definition) is 0. The van der Waals surface area contributed by atoms with Gasteiger partial charge in [-0.1, -0.05) is 53.1 Å². The summed E-state index contributed by atoms with van der Waals surface area (Å²) in [6.07, 6.45) is -7.93. The molecule has 3 aromatic carbocycles. The Morgan fingerprint density at radius 2 is 0.627 bits per heavy atom. The lowest BCUT2D eigenvalue weighted by atomic mass is 9.91. The molecular weight excluding hydrogens is 783 g/mol. The zero-order valence-corrected chi connectivity index (χ0v) is 27.0. The predicted molar refractivity (Wildman–Crippen MR) is 147 cm³/mol. The van der Waals surface area contributed by atoms with E-state index in [2.05, 4.69) is 3.63 Å². The highest BCUT2D eigenvalue weighted by molar-refractivity contribution is 8.33. The van der Waals surface area contributed by atoms with Gasteiger partial charge in [0.25, 0.3) is 0 Å². The number of rotatable bonds is 12. The first kappa shape index (κ1) is 42.1. The molecule has 0 atom stereocenters. The lowest BCUT2D eigenvalue weighted by molar-refractivity contribution is -0.458. The van der Waals surface area contributed by atoms with Crippen molar-refractivity contribution in [2.75, 3.05) is 0 Å². The highest BCUT2D eigenvalue weighted by atomic mass is 32.3. The van der Waals surface area contributed by atoms with Crippen molar-refractivity contribution >= 4 is 20.4 Å². The summed E-state index contributed by atoms with van der Waals surface area (Å²) in [6.45, 7) is 4.37. The number of halogens is 17. The van der Waals surface area contributed by atoms with Crippen LogP contribution in [-0.2, 0) is 13.7 Å². The summed E-state index contributed by atoms with van der Waals surface area (Å²) in [6, 6.07) is 13.2. The molecule has 0 aromatic heterocycles. The fraction of sp³-hybridized carbons (Fsp3) is 0.379. The largest absolute Gasteiger partial charge is 0.460 e. The number of benzene rings is 3. The molecule has 0 aliphatic heterocycles. The van der Waals surface area contributed by atoms with E-state index >= 15 is 8.78 Å². The predicted octanol–water partition coefficient (Wildman–Crippen LogP) is 11.1. The third-order valence-corrected chi connectivity index (χ3v) is 12.5. The Hall–Kier alpha value is -3.27. The van der Waals surface area contributed by atoms with E-state index in [1.807, 2.05) is 0 Å². The Kier molecular flexibility index (Phi) is 10.5. The first-order valence-electron chi connectivity index (χ1n) is 13.4. The van der Waals surface area contributed by atoms with E-state index < -0.39 is 82.1 Å². The molecule has 0 heterocycles. The average molecular weight is 805 g/mol. The van der Waals surface area contributed by atoms with Gasteiger partial charge in [0.05, 0.1) is 0 Å². The van der Waals surface area contributed by atoms with Gasteiger partial charge in [-0.3, -0.25) is 0 Å². The molecule has 0 aliphatic carbocycles. The summed E-state index contributed by atoms with van der Waals surface area (Å²) in [7, 11) is -12.4. The van der Waals surface area contributed by atoms with Gasteiger partial charge in [-0.05, 0) is 67.5 Å². The molecule has 0 spiro atoms. The van der Waals surface area contributed by atoms with Gasteiger partial charge in [-0.25, -0.2) is 3.63 Å². The lowest BCUT2D eigenvalue weighted by Gasteiger charge is -2.44. The second-order valence-corrected chi connectivity index (χ2v) is 15.5. The Morgan fingerprint density at radius 1 is 0.392 bits per heavy atom. The van der Waals surface area contributed by atoms with Crippen LogP contribution in [0.15, 0.2) is 87.5 Å². The molecule has 22 heteroatoms. The second-order valence-electron chi connectivity index (χ2n) is 11.0. The monoisotopic (exact) mass is 804 g/mol. The maximum atomic E-state index is 15.4. The summed E-state index contributed by atoms with van der Waals surface area (Å²) in [5, 5.41) is -7.86.